The van der Waals surface area contributed by atoms with Gasteiger partial charge in [-0.1, -0.05) is 17.7 Å². The number of nitrogens with zero attached hydrogens (tertiary/aromatic N) is 3. The fourth-order valence-electron chi connectivity index (χ4n) is 1.74. The van der Waals surface area contributed by atoms with Gasteiger partial charge in [-0.15, -0.1) is 0 Å². The lowest BCUT2D eigenvalue weighted by Crippen LogP contribution is -1.96. The predicted octanol–water partition coefficient (Wildman–Crippen LogP) is 3.94. The molecule has 0 spiro atoms. The maximum absolute atomic E-state index is 5.86. The van der Waals surface area contributed by atoms with Crippen LogP contribution in [0, 0.1) is 0 Å². The highest BCUT2D eigenvalue weighted by Gasteiger charge is 2.03. The molecular weight excluding hydrogens is 272 g/mol. The predicted molar refractivity (Wildman–Crippen MR) is 80.0 cm³/mol. The summed E-state index contributed by atoms with van der Waals surface area (Å²) in [7, 11) is 0. The van der Waals surface area contributed by atoms with Crippen molar-refractivity contribution in [3.8, 4) is 11.4 Å². The Labute approximate surface area is 121 Å². The molecule has 3 aromatic rings. The third kappa shape index (κ3) is 2.92. The molecule has 1 N–H and O–H groups in total. The molecule has 0 atom stereocenters. The number of hydrogen-bond acceptors (Lipinski definition) is 4. The summed E-state index contributed by atoms with van der Waals surface area (Å²) in [5.41, 5.74) is 2.42. The molecule has 0 radical (unpaired) electrons. The summed E-state index contributed by atoms with van der Waals surface area (Å²) in [5, 5.41) is 3.88. The summed E-state index contributed by atoms with van der Waals surface area (Å²) in [6.07, 6.45) is 5.09. The zero-order chi connectivity index (χ0) is 13.8. The van der Waals surface area contributed by atoms with Crippen LogP contribution in [0.2, 0.25) is 5.02 Å². The number of nitrogens with one attached hydrogen (secondary N) is 1. The zero-order valence-electron chi connectivity index (χ0n) is 10.5. The monoisotopic (exact) mass is 282 g/mol. The largest absolute Gasteiger partial charge is 0.339 e. The SMILES string of the molecule is Clc1ccc(Nc2cncc(-c3ccccn3)n2)cc1. The molecule has 0 aliphatic rings. The van der Waals surface area contributed by atoms with Crippen molar-refractivity contribution in [2.24, 2.45) is 0 Å². The average Bonchev–Trinajstić information content (AvgIpc) is 2.51. The summed E-state index contributed by atoms with van der Waals surface area (Å²) >= 11 is 5.86. The van der Waals surface area contributed by atoms with Gasteiger partial charge in [0.05, 0.1) is 18.1 Å². The molecule has 1 aromatic carbocycles. The lowest BCUT2D eigenvalue weighted by molar-refractivity contribution is 1.17. The molecule has 0 unspecified atom stereocenters. The van der Waals surface area contributed by atoms with E-state index < -0.39 is 0 Å². The third-order valence-electron chi connectivity index (χ3n) is 2.68. The number of benzene rings is 1. The van der Waals surface area contributed by atoms with Crippen LogP contribution in [-0.4, -0.2) is 15.0 Å². The molecule has 0 saturated carbocycles. The highest BCUT2D eigenvalue weighted by molar-refractivity contribution is 6.30. The lowest BCUT2D eigenvalue weighted by atomic mass is 10.3. The van der Waals surface area contributed by atoms with Crippen molar-refractivity contribution in [1.29, 1.82) is 0 Å². The highest BCUT2D eigenvalue weighted by Crippen LogP contribution is 2.19. The minimum atomic E-state index is 0.662. The molecule has 20 heavy (non-hydrogen) atoms. The number of halogens is 1. The molecule has 3 rings (SSSR count). The first kappa shape index (κ1) is 12.6. The van der Waals surface area contributed by atoms with Crippen molar-refractivity contribution in [1.82, 2.24) is 15.0 Å². The van der Waals surface area contributed by atoms with Gasteiger partial charge in [-0.2, -0.15) is 0 Å². The van der Waals surface area contributed by atoms with Gasteiger partial charge in [0.25, 0.3) is 0 Å². The van der Waals surface area contributed by atoms with Crippen LogP contribution in [0.4, 0.5) is 11.5 Å². The molecule has 0 aliphatic carbocycles. The van der Waals surface area contributed by atoms with E-state index in [1.165, 1.54) is 0 Å². The Kier molecular flexibility index (Phi) is 3.56. The van der Waals surface area contributed by atoms with E-state index in [0.717, 1.165) is 17.1 Å². The van der Waals surface area contributed by atoms with Gasteiger partial charge in [-0.25, -0.2) is 4.98 Å². The maximum Gasteiger partial charge on any atom is 0.149 e. The lowest BCUT2D eigenvalue weighted by Gasteiger charge is -2.06. The first-order chi connectivity index (χ1) is 9.81. The summed E-state index contributed by atoms with van der Waals surface area (Å²) in [4.78, 5) is 12.9. The number of rotatable bonds is 3. The van der Waals surface area contributed by atoms with Crippen LogP contribution in [0.3, 0.4) is 0 Å². The van der Waals surface area contributed by atoms with Crippen LogP contribution in [0.1, 0.15) is 0 Å². The van der Waals surface area contributed by atoms with E-state index in [4.69, 9.17) is 11.6 Å². The Hall–Kier alpha value is -2.46. The van der Waals surface area contributed by atoms with Gasteiger partial charge in [0.15, 0.2) is 0 Å². The summed E-state index contributed by atoms with van der Waals surface area (Å²) in [6, 6.07) is 13.1. The molecule has 0 saturated heterocycles. The topological polar surface area (TPSA) is 50.7 Å². The van der Waals surface area contributed by atoms with Gasteiger partial charge in [-0.05, 0) is 36.4 Å². The number of pyridine rings is 1. The Balaban J connectivity index is 1.86. The Morgan fingerprint density at radius 3 is 2.50 bits per heavy atom. The minimum absolute atomic E-state index is 0.662. The second-order valence-electron chi connectivity index (χ2n) is 4.14. The highest BCUT2D eigenvalue weighted by atomic mass is 35.5. The van der Waals surface area contributed by atoms with Gasteiger partial charge in [0.2, 0.25) is 0 Å². The summed E-state index contributed by atoms with van der Waals surface area (Å²) in [6.45, 7) is 0. The minimum Gasteiger partial charge on any atom is -0.339 e. The van der Waals surface area contributed by atoms with Crippen molar-refractivity contribution in [2.75, 3.05) is 5.32 Å². The van der Waals surface area contributed by atoms with Gasteiger partial charge in [0, 0.05) is 16.9 Å². The normalized spacial score (nSPS) is 10.2. The van der Waals surface area contributed by atoms with Crippen molar-refractivity contribution >= 4 is 23.1 Å². The molecular formula is C15H11ClN4. The Morgan fingerprint density at radius 1 is 0.900 bits per heavy atom. The average molecular weight is 283 g/mol. The first-order valence-corrected chi connectivity index (χ1v) is 6.45. The van der Waals surface area contributed by atoms with Crippen LogP contribution < -0.4 is 5.32 Å². The van der Waals surface area contributed by atoms with Gasteiger partial charge in [-0.3, -0.25) is 9.97 Å². The molecule has 5 heteroatoms. The molecule has 0 amide bonds. The van der Waals surface area contributed by atoms with Crippen LogP contribution in [0.25, 0.3) is 11.4 Å². The van der Waals surface area contributed by atoms with Crippen molar-refractivity contribution in [3.63, 3.8) is 0 Å². The van der Waals surface area contributed by atoms with Crippen molar-refractivity contribution in [3.05, 3.63) is 66.1 Å². The van der Waals surface area contributed by atoms with E-state index in [-0.39, 0.29) is 0 Å². The molecule has 4 nitrogen and oxygen atoms in total. The smallest absolute Gasteiger partial charge is 0.149 e. The van der Waals surface area contributed by atoms with Gasteiger partial charge >= 0.3 is 0 Å². The molecule has 98 valence electrons. The zero-order valence-corrected chi connectivity index (χ0v) is 11.2. The Bertz CT molecular complexity index is 699. The number of anilines is 2. The Morgan fingerprint density at radius 2 is 1.75 bits per heavy atom. The van der Waals surface area contributed by atoms with Gasteiger partial charge < -0.3 is 5.32 Å². The van der Waals surface area contributed by atoms with Crippen LogP contribution in [-0.2, 0) is 0 Å². The van der Waals surface area contributed by atoms with Crippen LogP contribution in [0.5, 0.6) is 0 Å². The first-order valence-electron chi connectivity index (χ1n) is 6.07. The molecule has 0 bridgehead atoms. The number of hydrogen-bond donors (Lipinski definition) is 1. The second-order valence-corrected chi connectivity index (χ2v) is 4.57. The maximum atomic E-state index is 5.86. The van der Waals surface area contributed by atoms with E-state index in [1.807, 2.05) is 42.5 Å². The summed E-state index contributed by atoms with van der Waals surface area (Å²) in [5.74, 6) is 0.662. The molecule has 0 fully saturated rings. The van der Waals surface area contributed by atoms with Crippen molar-refractivity contribution < 1.29 is 0 Å². The van der Waals surface area contributed by atoms with Gasteiger partial charge in [0.1, 0.15) is 11.5 Å². The number of aromatic nitrogens is 3. The third-order valence-corrected chi connectivity index (χ3v) is 2.93. The van der Waals surface area contributed by atoms with E-state index >= 15 is 0 Å². The van der Waals surface area contributed by atoms with Crippen LogP contribution >= 0.6 is 11.6 Å². The van der Waals surface area contributed by atoms with Crippen LogP contribution in [0.15, 0.2) is 61.1 Å². The fourth-order valence-corrected chi connectivity index (χ4v) is 1.87. The van der Waals surface area contributed by atoms with E-state index in [2.05, 4.69) is 20.3 Å². The quantitative estimate of drug-likeness (QED) is 0.790. The standard InChI is InChI=1S/C15H11ClN4/c16-11-4-6-12(7-5-11)19-15-10-17-9-14(20-15)13-3-1-2-8-18-13/h1-10H,(H,19,20). The second kappa shape index (κ2) is 5.67. The van der Waals surface area contributed by atoms with E-state index in [9.17, 15) is 0 Å². The van der Waals surface area contributed by atoms with E-state index in [0.29, 0.717) is 10.8 Å². The fraction of sp³-hybridized carbons (Fsp3) is 0. The molecule has 2 heterocycles. The van der Waals surface area contributed by atoms with E-state index in [1.54, 1.807) is 18.6 Å². The summed E-state index contributed by atoms with van der Waals surface area (Å²) < 4.78 is 0. The van der Waals surface area contributed by atoms with Crippen molar-refractivity contribution in [2.45, 2.75) is 0 Å². The molecule has 0 aliphatic heterocycles. The molecule has 2 aromatic heterocycles.